The summed E-state index contributed by atoms with van der Waals surface area (Å²) in [4.78, 5) is 12.5. The zero-order valence-corrected chi connectivity index (χ0v) is 12.1. The molecule has 0 unspecified atom stereocenters. The third-order valence-electron chi connectivity index (χ3n) is 1.62. The van der Waals surface area contributed by atoms with Gasteiger partial charge in [0.15, 0.2) is 0 Å². The Morgan fingerprint density at radius 3 is 2.28 bits per heavy atom. The summed E-state index contributed by atoms with van der Waals surface area (Å²) in [6.45, 7) is 6.39. The van der Waals surface area contributed by atoms with E-state index in [1.807, 2.05) is 19.0 Å². The number of rotatable bonds is 7. The number of ether oxygens (including phenoxy) is 1. The molecule has 18 heavy (non-hydrogen) atoms. The van der Waals surface area contributed by atoms with E-state index in [1.54, 1.807) is 6.92 Å². The highest BCUT2D eigenvalue weighted by molar-refractivity contribution is 7.85. The average molecular weight is 281 g/mol. The van der Waals surface area contributed by atoms with E-state index in [0.29, 0.717) is 13.0 Å². The molecule has 0 amide bonds. The van der Waals surface area contributed by atoms with Crippen LogP contribution in [0, 0.1) is 0 Å². The van der Waals surface area contributed by atoms with Crippen LogP contribution in [0.3, 0.4) is 0 Å². The molecule has 0 heterocycles. The number of esters is 1. The van der Waals surface area contributed by atoms with E-state index in [-0.39, 0.29) is 11.7 Å². The minimum atomic E-state index is -3.67. The van der Waals surface area contributed by atoms with Gasteiger partial charge in [-0.3, -0.25) is 4.55 Å². The van der Waals surface area contributed by atoms with E-state index in [0.717, 1.165) is 13.0 Å². The zero-order valence-electron chi connectivity index (χ0n) is 11.3. The fraction of sp³-hybridized carbons (Fsp3) is 0.727. The SMILES string of the molecule is C=CC(=O)OCCCN(C)C.CCCS(=O)(=O)O. The Bertz CT molecular complexity index is 324. The van der Waals surface area contributed by atoms with Gasteiger partial charge in [0.1, 0.15) is 0 Å². The fourth-order valence-corrected chi connectivity index (χ4v) is 1.39. The van der Waals surface area contributed by atoms with Gasteiger partial charge in [0, 0.05) is 12.6 Å². The first-order chi connectivity index (χ1) is 8.22. The Hall–Kier alpha value is -0.920. The van der Waals surface area contributed by atoms with E-state index in [9.17, 15) is 13.2 Å². The van der Waals surface area contributed by atoms with Crippen LogP contribution in [0.1, 0.15) is 19.8 Å². The minimum absolute atomic E-state index is 0.132. The van der Waals surface area contributed by atoms with Gasteiger partial charge in [-0.05, 0) is 26.9 Å². The van der Waals surface area contributed by atoms with Crippen molar-refractivity contribution >= 4 is 16.1 Å². The number of hydrogen-bond donors (Lipinski definition) is 1. The summed E-state index contributed by atoms with van der Waals surface area (Å²) in [5.41, 5.74) is 0. The van der Waals surface area contributed by atoms with Crippen LogP contribution in [-0.2, 0) is 19.6 Å². The molecule has 0 atom stereocenters. The molecule has 0 fully saturated rings. The van der Waals surface area contributed by atoms with Gasteiger partial charge in [-0.2, -0.15) is 8.42 Å². The second-order valence-electron chi connectivity index (χ2n) is 3.81. The summed E-state index contributed by atoms with van der Waals surface area (Å²) in [5, 5.41) is 0. The maximum absolute atomic E-state index is 10.5. The van der Waals surface area contributed by atoms with Crippen molar-refractivity contribution in [1.82, 2.24) is 4.90 Å². The predicted molar refractivity (Wildman–Crippen MR) is 71.0 cm³/mol. The topological polar surface area (TPSA) is 83.9 Å². The Balaban J connectivity index is 0. The van der Waals surface area contributed by atoms with Gasteiger partial charge >= 0.3 is 5.97 Å². The molecule has 0 aliphatic heterocycles. The minimum Gasteiger partial charge on any atom is -0.462 e. The normalized spacial score (nSPS) is 10.5. The highest BCUT2D eigenvalue weighted by atomic mass is 32.2. The van der Waals surface area contributed by atoms with Crippen LogP contribution in [0.2, 0.25) is 0 Å². The van der Waals surface area contributed by atoms with Gasteiger partial charge in [-0.1, -0.05) is 13.5 Å². The van der Waals surface area contributed by atoms with Crippen LogP contribution in [-0.4, -0.2) is 56.8 Å². The van der Waals surface area contributed by atoms with Crippen molar-refractivity contribution in [1.29, 1.82) is 0 Å². The molecule has 0 saturated carbocycles. The Morgan fingerprint density at radius 1 is 1.44 bits per heavy atom. The monoisotopic (exact) mass is 281 g/mol. The molecule has 108 valence electrons. The van der Waals surface area contributed by atoms with Crippen molar-refractivity contribution < 1.29 is 22.5 Å². The predicted octanol–water partition coefficient (Wildman–Crippen LogP) is 0.952. The number of carbonyl (C=O) groups is 1. The summed E-state index contributed by atoms with van der Waals surface area (Å²) >= 11 is 0. The number of hydrogen-bond acceptors (Lipinski definition) is 5. The van der Waals surface area contributed by atoms with Crippen molar-refractivity contribution in [3.05, 3.63) is 12.7 Å². The third kappa shape index (κ3) is 20.5. The fourth-order valence-electron chi connectivity index (χ4n) is 0.870. The molecule has 7 heteroatoms. The lowest BCUT2D eigenvalue weighted by Crippen LogP contribution is -2.15. The quantitative estimate of drug-likeness (QED) is 0.324. The van der Waals surface area contributed by atoms with Crippen molar-refractivity contribution in [2.75, 3.05) is 33.0 Å². The van der Waals surface area contributed by atoms with Crippen LogP contribution in [0.15, 0.2) is 12.7 Å². The highest BCUT2D eigenvalue weighted by Gasteiger charge is 1.98. The molecule has 1 N–H and O–H groups in total. The van der Waals surface area contributed by atoms with Gasteiger partial charge < -0.3 is 9.64 Å². The Morgan fingerprint density at radius 2 is 2.00 bits per heavy atom. The van der Waals surface area contributed by atoms with Gasteiger partial charge in [0.2, 0.25) is 0 Å². The maximum atomic E-state index is 10.5. The lowest BCUT2D eigenvalue weighted by molar-refractivity contribution is -0.137. The lowest BCUT2D eigenvalue weighted by Gasteiger charge is -2.08. The molecule has 0 aliphatic carbocycles. The molecule has 0 aliphatic rings. The van der Waals surface area contributed by atoms with Crippen LogP contribution in [0.4, 0.5) is 0 Å². The summed E-state index contributed by atoms with van der Waals surface area (Å²) < 4.78 is 32.3. The average Bonchev–Trinajstić information content (AvgIpc) is 2.23. The molecule has 6 nitrogen and oxygen atoms in total. The standard InChI is InChI=1S/C8H15NO2.C3H8O3S/c1-4-8(10)11-7-5-6-9(2)3;1-2-3-7(4,5)6/h4H,1,5-7H2,2-3H3;2-3H2,1H3,(H,4,5,6). The second kappa shape index (κ2) is 11.2. The van der Waals surface area contributed by atoms with E-state index in [1.165, 1.54) is 6.08 Å². The van der Waals surface area contributed by atoms with Crippen LogP contribution >= 0.6 is 0 Å². The molecule has 0 aromatic carbocycles. The summed E-state index contributed by atoms with van der Waals surface area (Å²) in [7, 11) is 0.289. The van der Waals surface area contributed by atoms with Crippen molar-refractivity contribution in [3.8, 4) is 0 Å². The smallest absolute Gasteiger partial charge is 0.330 e. The molecular weight excluding hydrogens is 258 g/mol. The first-order valence-corrected chi connectivity index (χ1v) is 7.23. The van der Waals surface area contributed by atoms with E-state index < -0.39 is 10.1 Å². The first-order valence-electron chi connectivity index (χ1n) is 5.62. The summed E-state index contributed by atoms with van der Waals surface area (Å²) in [5.74, 6) is -0.476. The second-order valence-corrected chi connectivity index (χ2v) is 5.39. The van der Waals surface area contributed by atoms with Gasteiger partial charge in [-0.25, -0.2) is 4.79 Å². The molecule has 0 radical (unpaired) electrons. The molecular formula is C11H23NO5S. The van der Waals surface area contributed by atoms with Crippen molar-refractivity contribution in [3.63, 3.8) is 0 Å². The third-order valence-corrected chi connectivity index (χ3v) is 2.55. The van der Waals surface area contributed by atoms with E-state index in [2.05, 4.69) is 6.58 Å². The summed E-state index contributed by atoms with van der Waals surface area (Å²) in [6, 6.07) is 0. The molecule has 0 spiro atoms. The van der Waals surface area contributed by atoms with Gasteiger partial charge in [-0.15, -0.1) is 0 Å². The van der Waals surface area contributed by atoms with Crippen LogP contribution in [0.25, 0.3) is 0 Å². The van der Waals surface area contributed by atoms with Gasteiger partial charge in [0.05, 0.1) is 12.4 Å². The van der Waals surface area contributed by atoms with Crippen LogP contribution in [0.5, 0.6) is 0 Å². The molecule has 0 aromatic rings. The first kappa shape index (κ1) is 19.4. The molecule has 0 bridgehead atoms. The van der Waals surface area contributed by atoms with Crippen molar-refractivity contribution in [2.24, 2.45) is 0 Å². The number of nitrogens with zero attached hydrogens (tertiary/aromatic N) is 1. The summed E-state index contributed by atoms with van der Waals surface area (Å²) in [6.07, 6.45) is 2.51. The molecule has 0 saturated heterocycles. The number of carbonyl (C=O) groups excluding carboxylic acids is 1. The maximum Gasteiger partial charge on any atom is 0.330 e. The van der Waals surface area contributed by atoms with Crippen molar-refractivity contribution in [2.45, 2.75) is 19.8 Å². The highest BCUT2D eigenvalue weighted by Crippen LogP contribution is 1.86. The zero-order chi connectivity index (χ0) is 14.6. The Kier molecular flexibility index (Phi) is 12.1. The Labute approximate surface area is 109 Å². The lowest BCUT2D eigenvalue weighted by atomic mass is 10.4. The van der Waals surface area contributed by atoms with Crippen LogP contribution < -0.4 is 0 Å². The molecule has 0 rings (SSSR count). The largest absolute Gasteiger partial charge is 0.462 e. The van der Waals surface area contributed by atoms with E-state index in [4.69, 9.17) is 9.29 Å². The van der Waals surface area contributed by atoms with E-state index >= 15 is 0 Å². The van der Waals surface area contributed by atoms with Gasteiger partial charge in [0.25, 0.3) is 10.1 Å². The molecule has 0 aromatic heterocycles.